The predicted octanol–water partition coefficient (Wildman–Crippen LogP) is 4.75. The minimum Gasteiger partial charge on any atom is -0.490 e. The zero-order chi connectivity index (χ0) is 19.5. The van der Waals surface area contributed by atoms with Crippen LogP contribution < -0.4 is 14.8 Å². The van der Waals surface area contributed by atoms with Crippen molar-refractivity contribution in [2.45, 2.75) is 33.9 Å². The number of nitrogens with one attached hydrogen (secondary N) is 1. The fraction of sp³-hybridized carbons (Fsp3) is 0.455. The lowest BCUT2D eigenvalue weighted by Crippen LogP contribution is -2.31. The molecule has 0 saturated heterocycles. The number of likely N-dealkylation sites (N-methyl/N-ethyl adjacent to an activating group) is 1. The first kappa shape index (κ1) is 21.5. The van der Waals surface area contributed by atoms with Crippen molar-refractivity contribution in [1.82, 2.24) is 10.2 Å². The Hall–Kier alpha value is -1.75. The summed E-state index contributed by atoms with van der Waals surface area (Å²) in [5.74, 6) is 1.60. The van der Waals surface area contributed by atoms with Crippen LogP contribution in [0.1, 0.15) is 31.9 Å². The molecule has 148 valence electrons. The fourth-order valence-corrected chi connectivity index (χ4v) is 3.00. The summed E-state index contributed by atoms with van der Waals surface area (Å²) in [6, 6.07) is 13.8. The summed E-state index contributed by atoms with van der Waals surface area (Å²) >= 11 is 5.96. The van der Waals surface area contributed by atoms with Gasteiger partial charge in [-0.1, -0.05) is 49.7 Å². The average molecular weight is 391 g/mol. The molecule has 1 N–H and O–H groups in total. The lowest BCUT2D eigenvalue weighted by Gasteiger charge is -2.19. The van der Waals surface area contributed by atoms with Gasteiger partial charge in [0.15, 0.2) is 11.5 Å². The van der Waals surface area contributed by atoms with E-state index in [1.54, 1.807) is 0 Å². The zero-order valence-electron chi connectivity index (χ0n) is 16.6. The third kappa shape index (κ3) is 7.06. The van der Waals surface area contributed by atoms with Crippen molar-refractivity contribution in [3.63, 3.8) is 0 Å². The maximum absolute atomic E-state index is 6.15. The molecular weight excluding hydrogens is 360 g/mol. The normalized spacial score (nSPS) is 11.0. The smallest absolute Gasteiger partial charge is 0.166 e. The van der Waals surface area contributed by atoms with Gasteiger partial charge in [0.2, 0.25) is 0 Å². The molecule has 0 amide bonds. The standard InChI is InChI=1S/C22H31ClN2O2/c1-4-25(5-2)15-14-24-16-19-8-7-9-21(26-6-3)22(19)27-17-18-10-12-20(23)13-11-18/h7-13,24H,4-6,14-17H2,1-3H3. The first-order chi connectivity index (χ1) is 13.2. The van der Waals surface area contributed by atoms with Gasteiger partial charge in [-0.15, -0.1) is 0 Å². The Bertz CT molecular complexity index is 673. The van der Waals surface area contributed by atoms with E-state index in [0.717, 1.165) is 60.4 Å². The van der Waals surface area contributed by atoms with Crippen molar-refractivity contribution in [2.24, 2.45) is 0 Å². The number of rotatable bonds is 12. The summed E-state index contributed by atoms with van der Waals surface area (Å²) in [6.07, 6.45) is 0. The molecule has 4 nitrogen and oxygen atoms in total. The molecule has 2 aromatic rings. The third-order valence-electron chi connectivity index (χ3n) is 4.47. The highest BCUT2D eigenvalue weighted by Crippen LogP contribution is 2.32. The van der Waals surface area contributed by atoms with Crippen molar-refractivity contribution in [2.75, 3.05) is 32.8 Å². The number of hydrogen-bond acceptors (Lipinski definition) is 4. The van der Waals surface area contributed by atoms with E-state index in [9.17, 15) is 0 Å². The molecule has 0 aromatic heterocycles. The second kappa shape index (κ2) is 11.9. The molecular formula is C22H31ClN2O2. The highest BCUT2D eigenvalue weighted by Gasteiger charge is 2.11. The van der Waals surface area contributed by atoms with E-state index >= 15 is 0 Å². The number of benzene rings is 2. The molecule has 0 radical (unpaired) electrons. The lowest BCUT2D eigenvalue weighted by atomic mass is 10.1. The molecule has 0 atom stereocenters. The van der Waals surface area contributed by atoms with Crippen LogP contribution in [0.15, 0.2) is 42.5 Å². The maximum Gasteiger partial charge on any atom is 0.166 e. The van der Waals surface area contributed by atoms with E-state index in [1.807, 2.05) is 43.3 Å². The van der Waals surface area contributed by atoms with Gasteiger partial charge in [-0.3, -0.25) is 0 Å². The monoisotopic (exact) mass is 390 g/mol. The summed E-state index contributed by atoms with van der Waals surface area (Å²) in [5.41, 5.74) is 2.18. The fourth-order valence-electron chi connectivity index (χ4n) is 2.87. The Morgan fingerprint density at radius 2 is 1.70 bits per heavy atom. The molecule has 0 heterocycles. The van der Waals surface area contributed by atoms with E-state index in [-0.39, 0.29) is 0 Å². The van der Waals surface area contributed by atoms with Crippen LogP contribution in [0.25, 0.3) is 0 Å². The van der Waals surface area contributed by atoms with E-state index in [2.05, 4.69) is 30.1 Å². The van der Waals surface area contributed by atoms with Crippen LogP contribution in [-0.2, 0) is 13.2 Å². The highest BCUT2D eigenvalue weighted by atomic mass is 35.5. The molecule has 27 heavy (non-hydrogen) atoms. The Kier molecular flexibility index (Phi) is 9.46. The lowest BCUT2D eigenvalue weighted by molar-refractivity contribution is 0.265. The molecule has 5 heteroatoms. The Balaban J connectivity index is 2.02. The molecule has 0 bridgehead atoms. The van der Waals surface area contributed by atoms with Gasteiger partial charge in [0, 0.05) is 30.2 Å². The zero-order valence-corrected chi connectivity index (χ0v) is 17.4. The minimum atomic E-state index is 0.480. The van der Waals surface area contributed by atoms with Gasteiger partial charge in [0.1, 0.15) is 6.61 Å². The summed E-state index contributed by atoms with van der Waals surface area (Å²) in [6.45, 7) is 12.3. The molecule has 0 unspecified atom stereocenters. The molecule has 2 rings (SSSR count). The second-order valence-corrected chi connectivity index (χ2v) is 6.73. The van der Waals surface area contributed by atoms with Crippen LogP contribution in [0.3, 0.4) is 0 Å². The minimum absolute atomic E-state index is 0.480. The highest BCUT2D eigenvalue weighted by molar-refractivity contribution is 6.30. The van der Waals surface area contributed by atoms with E-state index in [0.29, 0.717) is 13.2 Å². The molecule has 2 aromatic carbocycles. The molecule has 0 aliphatic heterocycles. The van der Waals surface area contributed by atoms with Crippen molar-refractivity contribution in [3.05, 3.63) is 58.6 Å². The van der Waals surface area contributed by atoms with Crippen molar-refractivity contribution < 1.29 is 9.47 Å². The van der Waals surface area contributed by atoms with E-state index in [4.69, 9.17) is 21.1 Å². The second-order valence-electron chi connectivity index (χ2n) is 6.30. The molecule has 0 fully saturated rings. The Labute approximate surface area is 168 Å². The first-order valence-electron chi connectivity index (χ1n) is 9.72. The van der Waals surface area contributed by atoms with Gasteiger partial charge in [0.05, 0.1) is 6.61 Å². The SMILES string of the molecule is CCOc1cccc(CNCCN(CC)CC)c1OCc1ccc(Cl)cc1. The molecule has 0 spiro atoms. The number of nitrogens with zero attached hydrogens (tertiary/aromatic N) is 1. The van der Waals surface area contributed by atoms with Crippen molar-refractivity contribution in [1.29, 1.82) is 0 Å². The number of ether oxygens (including phenoxy) is 2. The third-order valence-corrected chi connectivity index (χ3v) is 4.72. The van der Waals surface area contributed by atoms with Crippen molar-refractivity contribution >= 4 is 11.6 Å². The number of halogens is 1. The van der Waals surface area contributed by atoms with Gasteiger partial charge >= 0.3 is 0 Å². The van der Waals surface area contributed by atoms with Gasteiger partial charge < -0.3 is 19.7 Å². The predicted molar refractivity (Wildman–Crippen MR) is 113 cm³/mol. The maximum atomic E-state index is 6.15. The van der Waals surface area contributed by atoms with Crippen LogP contribution in [0.2, 0.25) is 5.02 Å². The number of para-hydroxylation sites is 1. The van der Waals surface area contributed by atoms with E-state index < -0.39 is 0 Å². The summed E-state index contributed by atoms with van der Waals surface area (Å²) in [5, 5.41) is 4.25. The topological polar surface area (TPSA) is 33.7 Å². The van der Waals surface area contributed by atoms with Crippen LogP contribution in [-0.4, -0.2) is 37.7 Å². The molecule has 0 aliphatic rings. The summed E-state index contributed by atoms with van der Waals surface area (Å²) in [7, 11) is 0. The average Bonchev–Trinajstić information content (AvgIpc) is 2.69. The number of hydrogen-bond donors (Lipinski definition) is 1. The van der Waals surface area contributed by atoms with Crippen molar-refractivity contribution in [3.8, 4) is 11.5 Å². The van der Waals surface area contributed by atoms with Gasteiger partial charge in [-0.05, 0) is 43.8 Å². The summed E-state index contributed by atoms with van der Waals surface area (Å²) in [4.78, 5) is 2.40. The van der Waals surface area contributed by atoms with Crippen LogP contribution >= 0.6 is 11.6 Å². The molecule has 0 saturated carbocycles. The van der Waals surface area contributed by atoms with Gasteiger partial charge in [0.25, 0.3) is 0 Å². The van der Waals surface area contributed by atoms with Gasteiger partial charge in [-0.2, -0.15) is 0 Å². The Morgan fingerprint density at radius 1 is 0.963 bits per heavy atom. The first-order valence-corrected chi connectivity index (χ1v) is 10.1. The van der Waals surface area contributed by atoms with E-state index in [1.165, 1.54) is 0 Å². The van der Waals surface area contributed by atoms with Crippen LogP contribution in [0.4, 0.5) is 0 Å². The largest absolute Gasteiger partial charge is 0.490 e. The van der Waals surface area contributed by atoms with Gasteiger partial charge in [-0.25, -0.2) is 0 Å². The van der Waals surface area contributed by atoms with Crippen LogP contribution in [0, 0.1) is 0 Å². The summed E-state index contributed by atoms with van der Waals surface area (Å²) < 4.78 is 11.9. The quantitative estimate of drug-likeness (QED) is 0.530. The van der Waals surface area contributed by atoms with Crippen LogP contribution in [0.5, 0.6) is 11.5 Å². The Morgan fingerprint density at radius 3 is 2.37 bits per heavy atom. The molecule has 0 aliphatic carbocycles.